The van der Waals surface area contributed by atoms with E-state index in [9.17, 15) is 4.79 Å². The molecule has 2 nitrogen and oxygen atoms in total. The first-order valence-electron chi connectivity index (χ1n) is 6.83. The van der Waals surface area contributed by atoms with Gasteiger partial charge in [0.15, 0.2) is 0 Å². The van der Waals surface area contributed by atoms with Gasteiger partial charge in [0, 0.05) is 0 Å². The van der Waals surface area contributed by atoms with E-state index in [4.69, 9.17) is 5.11 Å². The van der Waals surface area contributed by atoms with Crippen LogP contribution in [0.25, 0.3) is 0 Å². The Bertz CT molecular complexity index is 500. The molecule has 0 spiro atoms. The first-order valence-corrected chi connectivity index (χ1v) is 8.24. The molecule has 0 unspecified atom stereocenters. The van der Waals surface area contributed by atoms with Gasteiger partial charge < -0.3 is 5.11 Å². The molecule has 0 aliphatic heterocycles. The van der Waals surface area contributed by atoms with Crippen LogP contribution in [0.2, 0.25) is 0 Å². The van der Waals surface area contributed by atoms with Crippen LogP contribution in [-0.2, 0) is 4.79 Å². The molecule has 0 aliphatic carbocycles. The van der Waals surface area contributed by atoms with Crippen molar-refractivity contribution in [1.82, 2.24) is 0 Å². The van der Waals surface area contributed by atoms with Gasteiger partial charge in [-0.05, 0) is 30.6 Å². The summed E-state index contributed by atoms with van der Waals surface area (Å²) in [7, 11) is -0.628. The third-order valence-corrected chi connectivity index (χ3v) is 6.30. The zero-order chi connectivity index (χ0) is 14.4. The van der Waals surface area contributed by atoms with Crippen LogP contribution in [0.4, 0.5) is 0 Å². The van der Waals surface area contributed by atoms with Crippen molar-refractivity contribution in [3.8, 4) is 0 Å². The van der Waals surface area contributed by atoms with Crippen molar-refractivity contribution in [2.75, 3.05) is 0 Å². The van der Waals surface area contributed by atoms with Crippen LogP contribution in [0.5, 0.6) is 0 Å². The Morgan fingerprint density at radius 2 is 1.45 bits per heavy atom. The molecule has 104 valence electrons. The molecule has 1 N–H and O–H groups in total. The Morgan fingerprint density at radius 1 is 1.00 bits per heavy atom. The molecule has 20 heavy (non-hydrogen) atoms. The Hall–Kier alpha value is -1.66. The maximum absolute atomic E-state index is 11.1. The number of aliphatic carboxylic acids is 1. The maximum atomic E-state index is 11.1. The summed E-state index contributed by atoms with van der Waals surface area (Å²) in [4.78, 5) is 11.1. The second-order valence-corrected chi connectivity index (χ2v) is 7.20. The molecule has 0 aromatic heterocycles. The second-order valence-electron chi connectivity index (χ2n) is 4.70. The fourth-order valence-corrected chi connectivity index (χ4v) is 5.20. The molecule has 0 bridgehead atoms. The molecule has 0 saturated carbocycles. The first-order chi connectivity index (χ1) is 9.72. The van der Waals surface area contributed by atoms with Gasteiger partial charge in [-0.3, -0.25) is 4.79 Å². The Balaban J connectivity index is 2.41. The average molecular weight is 286 g/mol. The molecule has 3 heteroatoms. The van der Waals surface area contributed by atoms with Gasteiger partial charge in [0.1, 0.15) is 0 Å². The molecule has 0 fully saturated rings. The zero-order valence-corrected chi connectivity index (χ0v) is 12.5. The molecule has 0 aliphatic rings. The van der Waals surface area contributed by atoms with Crippen molar-refractivity contribution in [2.45, 2.75) is 25.4 Å². The minimum Gasteiger partial charge on any atom is -0.481 e. The standard InChI is InChI=1S/C17H19O2P/c1-2-14(13-17(18)19)20(15-9-5-3-6-10-15)16-11-7-4-8-12-16/h3-12,14H,2,13H2,1H3,(H,18,19)/t14-/m0/s1. The third kappa shape index (κ3) is 3.68. The van der Waals surface area contributed by atoms with Crippen LogP contribution in [0.15, 0.2) is 60.7 Å². The number of carbonyl (C=O) groups is 1. The Morgan fingerprint density at radius 3 is 1.80 bits per heavy atom. The smallest absolute Gasteiger partial charge is 0.304 e. The van der Waals surface area contributed by atoms with E-state index in [2.05, 4.69) is 31.2 Å². The van der Waals surface area contributed by atoms with Gasteiger partial charge in [0.05, 0.1) is 6.42 Å². The minimum absolute atomic E-state index is 0.173. The van der Waals surface area contributed by atoms with E-state index in [0.717, 1.165) is 6.42 Å². The lowest BCUT2D eigenvalue weighted by atomic mass is 10.2. The predicted molar refractivity (Wildman–Crippen MR) is 85.4 cm³/mol. The number of benzene rings is 2. The van der Waals surface area contributed by atoms with E-state index in [1.165, 1.54) is 10.6 Å². The van der Waals surface area contributed by atoms with Gasteiger partial charge in [-0.2, -0.15) is 0 Å². The average Bonchev–Trinajstić information content (AvgIpc) is 2.48. The summed E-state index contributed by atoms with van der Waals surface area (Å²) in [5.74, 6) is -0.712. The van der Waals surface area contributed by atoms with E-state index in [-0.39, 0.29) is 12.1 Å². The van der Waals surface area contributed by atoms with Gasteiger partial charge in [-0.15, -0.1) is 0 Å². The van der Waals surface area contributed by atoms with Crippen LogP contribution < -0.4 is 10.6 Å². The number of carboxylic acids is 1. The second kappa shape index (κ2) is 7.21. The van der Waals surface area contributed by atoms with Crippen molar-refractivity contribution >= 4 is 24.5 Å². The third-order valence-electron chi connectivity index (χ3n) is 3.32. The molecule has 2 aromatic carbocycles. The maximum Gasteiger partial charge on any atom is 0.304 e. The highest BCUT2D eigenvalue weighted by molar-refractivity contribution is 7.73. The fourth-order valence-electron chi connectivity index (χ4n) is 2.37. The molecular weight excluding hydrogens is 267 g/mol. The molecule has 2 aromatic rings. The lowest BCUT2D eigenvalue weighted by molar-refractivity contribution is -0.137. The summed E-state index contributed by atoms with van der Waals surface area (Å²) >= 11 is 0. The summed E-state index contributed by atoms with van der Waals surface area (Å²) in [5, 5.41) is 11.7. The van der Waals surface area contributed by atoms with Crippen LogP contribution in [-0.4, -0.2) is 16.7 Å². The normalized spacial score (nSPS) is 12.3. The quantitative estimate of drug-likeness (QED) is 0.827. The van der Waals surface area contributed by atoms with Crippen molar-refractivity contribution in [2.24, 2.45) is 0 Å². The van der Waals surface area contributed by atoms with E-state index >= 15 is 0 Å². The van der Waals surface area contributed by atoms with Gasteiger partial charge in [0.25, 0.3) is 0 Å². The van der Waals surface area contributed by atoms with Gasteiger partial charge in [0.2, 0.25) is 0 Å². The highest BCUT2D eigenvalue weighted by Gasteiger charge is 2.25. The van der Waals surface area contributed by atoms with Crippen molar-refractivity contribution < 1.29 is 9.90 Å². The summed E-state index contributed by atoms with van der Waals surface area (Å²) in [6.45, 7) is 2.08. The number of rotatable bonds is 6. The molecular formula is C17H19O2P. The van der Waals surface area contributed by atoms with Gasteiger partial charge in [-0.1, -0.05) is 67.6 Å². The topological polar surface area (TPSA) is 37.3 Å². The zero-order valence-electron chi connectivity index (χ0n) is 11.6. The summed E-state index contributed by atoms with van der Waals surface area (Å²) in [6.07, 6.45) is 1.10. The number of carboxylic acid groups (broad SMARTS) is 1. The van der Waals surface area contributed by atoms with E-state index in [1.54, 1.807) is 0 Å². The molecule has 0 radical (unpaired) electrons. The minimum atomic E-state index is -0.712. The SMILES string of the molecule is CC[C@@H](CC(=O)O)P(c1ccccc1)c1ccccc1. The molecule has 0 heterocycles. The summed E-state index contributed by atoms with van der Waals surface area (Å²) < 4.78 is 0. The van der Waals surface area contributed by atoms with Crippen molar-refractivity contribution in [3.05, 3.63) is 60.7 Å². The fraction of sp³-hybridized carbons (Fsp3) is 0.235. The highest BCUT2D eigenvalue weighted by atomic mass is 31.1. The molecule has 2 rings (SSSR count). The van der Waals surface area contributed by atoms with E-state index in [1.807, 2.05) is 36.4 Å². The van der Waals surface area contributed by atoms with Gasteiger partial charge in [-0.25, -0.2) is 0 Å². The number of hydrogen-bond acceptors (Lipinski definition) is 1. The van der Waals surface area contributed by atoms with Crippen LogP contribution in [0.1, 0.15) is 19.8 Å². The molecule has 1 atom stereocenters. The first kappa shape index (κ1) is 14.7. The van der Waals surface area contributed by atoms with Crippen LogP contribution >= 0.6 is 7.92 Å². The monoisotopic (exact) mass is 286 g/mol. The summed E-state index contributed by atoms with van der Waals surface area (Å²) in [5.41, 5.74) is 0.173. The van der Waals surface area contributed by atoms with Crippen LogP contribution in [0, 0.1) is 0 Å². The highest BCUT2D eigenvalue weighted by Crippen LogP contribution is 2.42. The molecule has 0 saturated heterocycles. The predicted octanol–water partition coefficient (Wildman–Crippen LogP) is 3.37. The van der Waals surface area contributed by atoms with E-state index in [0.29, 0.717) is 0 Å². The van der Waals surface area contributed by atoms with Crippen molar-refractivity contribution in [3.63, 3.8) is 0 Å². The van der Waals surface area contributed by atoms with Crippen molar-refractivity contribution in [1.29, 1.82) is 0 Å². The molecule has 0 amide bonds. The lowest BCUT2D eigenvalue weighted by Crippen LogP contribution is -2.23. The Labute approximate surface area is 121 Å². The Kier molecular flexibility index (Phi) is 5.31. The largest absolute Gasteiger partial charge is 0.481 e. The van der Waals surface area contributed by atoms with Gasteiger partial charge >= 0.3 is 5.97 Å². The van der Waals surface area contributed by atoms with E-state index < -0.39 is 13.9 Å². The number of hydrogen-bond donors (Lipinski definition) is 1. The summed E-state index contributed by atoms with van der Waals surface area (Å²) in [6, 6.07) is 20.6. The van der Waals surface area contributed by atoms with Crippen LogP contribution in [0.3, 0.4) is 0 Å². The lowest BCUT2D eigenvalue weighted by Gasteiger charge is -2.26.